The quantitative estimate of drug-likeness (QED) is 0.862. The SMILES string of the molecule is CN(CC(=O)Nc1ccc(C(=O)O)s1)c1ncccn1. The van der Waals surface area contributed by atoms with Gasteiger partial charge in [0, 0.05) is 19.4 Å². The molecule has 0 radical (unpaired) electrons. The van der Waals surface area contributed by atoms with Crippen LogP contribution < -0.4 is 10.2 Å². The molecular formula is C12H12N4O3S. The van der Waals surface area contributed by atoms with Crippen molar-refractivity contribution in [2.24, 2.45) is 0 Å². The lowest BCUT2D eigenvalue weighted by molar-refractivity contribution is -0.114. The van der Waals surface area contributed by atoms with Crippen LogP contribution in [0.25, 0.3) is 0 Å². The fourth-order valence-corrected chi connectivity index (χ4v) is 2.23. The number of hydrogen-bond donors (Lipinski definition) is 2. The first-order chi connectivity index (χ1) is 9.56. The molecule has 0 atom stereocenters. The second-order valence-corrected chi connectivity index (χ2v) is 5.01. The van der Waals surface area contributed by atoms with Crippen LogP contribution in [0.15, 0.2) is 30.6 Å². The Morgan fingerprint density at radius 1 is 1.35 bits per heavy atom. The highest BCUT2D eigenvalue weighted by atomic mass is 32.1. The molecule has 0 aliphatic heterocycles. The van der Waals surface area contributed by atoms with Crippen LogP contribution in [0.3, 0.4) is 0 Å². The van der Waals surface area contributed by atoms with E-state index in [-0.39, 0.29) is 17.3 Å². The normalized spacial score (nSPS) is 10.1. The van der Waals surface area contributed by atoms with Crippen LogP contribution in [0.5, 0.6) is 0 Å². The number of amides is 1. The maximum Gasteiger partial charge on any atom is 0.345 e. The predicted octanol–water partition coefficient (Wildman–Crippen LogP) is 1.31. The van der Waals surface area contributed by atoms with Gasteiger partial charge in [-0.25, -0.2) is 14.8 Å². The number of hydrogen-bond acceptors (Lipinski definition) is 6. The molecule has 2 rings (SSSR count). The van der Waals surface area contributed by atoms with Gasteiger partial charge in [0.05, 0.1) is 11.5 Å². The van der Waals surface area contributed by atoms with Crippen molar-refractivity contribution in [1.29, 1.82) is 0 Å². The molecule has 8 heteroatoms. The third kappa shape index (κ3) is 3.51. The molecule has 0 fully saturated rings. The summed E-state index contributed by atoms with van der Waals surface area (Å²) >= 11 is 1.01. The van der Waals surface area contributed by atoms with E-state index in [2.05, 4.69) is 15.3 Å². The van der Waals surface area contributed by atoms with Crippen molar-refractivity contribution in [3.05, 3.63) is 35.5 Å². The van der Waals surface area contributed by atoms with Crippen LogP contribution in [0.4, 0.5) is 10.9 Å². The smallest absolute Gasteiger partial charge is 0.345 e. The zero-order valence-electron chi connectivity index (χ0n) is 10.6. The second kappa shape index (κ2) is 6.11. The van der Waals surface area contributed by atoms with Gasteiger partial charge in [-0.1, -0.05) is 0 Å². The van der Waals surface area contributed by atoms with Gasteiger partial charge >= 0.3 is 5.97 Å². The van der Waals surface area contributed by atoms with E-state index in [0.29, 0.717) is 10.9 Å². The number of nitrogens with zero attached hydrogens (tertiary/aromatic N) is 3. The summed E-state index contributed by atoms with van der Waals surface area (Å²) < 4.78 is 0. The second-order valence-electron chi connectivity index (χ2n) is 3.92. The van der Waals surface area contributed by atoms with E-state index in [0.717, 1.165) is 11.3 Å². The Labute approximate surface area is 118 Å². The summed E-state index contributed by atoms with van der Waals surface area (Å²) in [6.45, 7) is 0.0737. The molecule has 0 aromatic carbocycles. The Balaban J connectivity index is 1.93. The van der Waals surface area contributed by atoms with E-state index in [9.17, 15) is 9.59 Å². The number of carboxylic acids is 1. The number of likely N-dealkylation sites (N-methyl/N-ethyl adjacent to an activating group) is 1. The predicted molar refractivity (Wildman–Crippen MR) is 75.2 cm³/mol. The number of aromatic carboxylic acids is 1. The number of carboxylic acid groups (broad SMARTS) is 1. The maximum atomic E-state index is 11.8. The molecule has 0 saturated carbocycles. The van der Waals surface area contributed by atoms with Gasteiger partial charge in [0.1, 0.15) is 4.88 Å². The summed E-state index contributed by atoms with van der Waals surface area (Å²) in [7, 11) is 1.70. The van der Waals surface area contributed by atoms with Crippen molar-refractivity contribution in [3.8, 4) is 0 Å². The standard InChI is InChI=1S/C12H12N4O3S/c1-16(12-13-5-2-6-14-12)7-9(17)15-10-4-3-8(20-10)11(18)19/h2-6H,7H2,1H3,(H,15,17)(H,18,19). The minimum atomic E-state index is -1.01. The number of rotatable bonds is 5. The van der Waals surface area contributed by atoms with E-state index < -0.39 is 5.97 Å². The van der Waals surface area contributed by atoms with Gasteiger partial charge in [0.15, 0.2) is 0 Å². The molecule has 0 saturated heterocycles. The molecule has 20 heavy (non-hydrogen) atoms. The molecule has 2 N–H and O–H groups in total. The zero-order chi connectivity index (χ0) is 14.5. The summed E-state index contributed by atoms with van der Waals surface area (Å²) in [5.74, 6) is -0.830. The summed E-state index contributed by atoms with van der Waals surface area (Å²) in [5, 5.41) is 11.9. The number of carbonyl (C=O) groups excluding carboxylic acids is 1. The number of thiophene rings is 1. The summed E-state index contributed by atoms with van der Waals surface area (Å²) in [6, 6.07) is 4.70. The van der Waals surface area contributed by atoms with E-state index >= 15 is 0 Å². The third-order valence-corrected chi connectivity index (χ3v) is 3.34. The van der Waals surface area contributed by atoms with Gasteiger partial charge in [-0.15, -0.1) is 11.3 Å². The molecule has 7 nitrogen and oxygen atoms in total. The summed E-state index contributed by atoms with van der Waals surface area (Å²) in [6.07, 6.45) is 3.18. The lowest BCUT2D eigenvalue weighted by Gasteiger charge is -2.15. The largest absolute Gasteiger partial charge is 0.477 e. The Morgan fingerprint density at radius 3 is 2.65 bits per heavy atom. The van der Waals surface area contributed by atoms with E-state index in [1.807, 2.05) is 0 Å². The number of nitrogens with one attached hydrogen (secondary N) is 1. The fourth-order valence-electron chi connectivity index (χ4n) is 1.47. The van der Waals surface area contributed by atoms with E-state index in [1.54, 1.807) is 36.5 Å². The molecule has 2 aromatic heterocycles. The Kier molecular flexibility index (Phi) is 4.26. The average Bonchev–Trinajstić information content (AvgIpc) is 2.88. The summed E-state index contributed by atoms with van der Waals surface area (Å²) in [5.41, 5.74) is 0. The molecule has 1 amide bonds. The number of carbonyl (C=O) groups is 2. The van der Waals surface area contributed by atoms with Crippen LogP contribution >= 0.6 is 11.3 Å². The lowest BCUT2D eigenvalue weighted by atomic mass is 10.4. The van der Waals surface area contributed by atoms with E-state index in [1.165, 1.54) is 6.07 Å². The molecular weight excluding hydrogens is 280 g/mol. The van der Waals surface area contributed by atoms with Crippen molar-refractivity contribution in [3.63, 3.8) is 0 Å². The molecule has 0 aliphatic carbocycles. The molecule has 0 aliphatic rings. The third-order valence-electron chi connectivity index (χ3n) is 2.35. The van der Waals surface area contributed by atoms with Gasteiger partial charge < -0.3 is 15.3 Å². The van der Waals surface area contributed by atoms with Crippen LogP contribution in [-0.4, -0.2) is 40.5 Å². The highest BCUT2D eigenvalue weighted by molar-refractivity contribution is 7.18. The number of aromatic nitrogens is 2. The molecule has 0 unspecified atom stereocenters. The number of anilines is 2. The topological polar surface area (TPSA) is 95.4 Å². The minimum Gasteiger partial charge on any atom is -0.477 e. The van der Waals surface area contributed by atoms with Gasteiger partial charge in [0.25, 0.3) is 0 Å². The molecule has 2 heterocycles. The lowest BCUT2D eigenvalue weighted by Crippen LogP contribution is -2.30. The van der Waals surface area contributed by atoms with Gasteiger partial charge in [0.2, 0.25) is 11.9 Å². The fraction of sp³-hybridized carbons (Fsp3) is 0.167. The van der Waals surface area contributed by atoms with Gasteiger partial charge in [-0.2, -0.15) is 0 Å². The van der Waals surface area contributed by atoms with Crippen molar-refractivity contribution < 1.29 is 14.7 Å². The average molecular weight is 292 g/mol. The van der Waals surface area contributed by atoms with Crippen molar-refractivity contribution in [2.45, 2.75) is 0 Å². The van der Waals surface area contributed by atoms with Crippen LogP contribution in [-0.2, 0) is 4.79 Å². The minimum absolute atomic E-state index is 0.0737. The van der Waals surface area contributed by atoms with Crippen molar-refractivity contribution >= 4 is 34.2 Å². The highest BCUT2D eigenvalue weighted by Gasteiger charge is 2.12. The Hall–Kier alpha value is -2.48. The molecule has 2 aromatic rings. The Bertz CT molecular complexity index is 614. The first kappa shape index (κ1) is 13.9. The molecule has 0 bridgehead atoms. The Morgan fingerprint density at radius 2 is 2.05 bits per heavy atom. The van der Waals surface area contributed by atoms with Crippen LogP contribution in [0.1, 0.15) is 9.67 Å². The first-order valence-corrected chi connectivity index (χ1v) is 6.49. The van der Waals surface area contributed by atoms with Gasteiger partial charge in [-0.05, 0) is 18.2 Å². The van der Waals surface area contributed by atoms with Crippen molar-refractivity contribution in [2.75, 3.05) is 23.8 Å². The first-order valence-electron chi connectivity index (χ1n) is 5.67. The van der Waals surface area contributed by atoms with Crippen molar-refractivity contribution in [1.82, 2.24) is 9.97 Å². The van der Waals surface area contributed by atoms with Gasteiger partial charge in [-0.3, -0.25) is 4.79 Å². The molecule has 104 valence electrons. The summed E-state index contributed by atoms with van der Waals surface area (Å²) in [4.78, 5) is 32.4. The highest BCUT2D eigenvalue weighted by Crippen LogP contribution is 2.21. The van der Waals surface area contributed by atoms with Crippen LogP contribution in [0.2, 0.25) is 0 Å². The zero-order valence-corrected chi connectivity index (χ0v) is 11.4. The van der Waals surface area contributed by atoms with E-state index in [4.69, 9.17) is 5.11 Å². The molecule has 0 spiro atoms. The monoisotopic (exact) mass is 292 g/mol. The maximum absolute atomic E-state index is 11.8. The van der Waals surface area contributed by atoms with Crippen LogP contribution in [0, 0.1) is 0 Å².